The zero-order chi connectivity index (χ0) is 14.8. The lowest BCUT2D eigenvalue weighted by Gasteiger charge is -2.20. The van der Waals surface area contributed by atoms with Gasteiger partial charge in [0, 0.05) is 8.07 Å². The molecule has 0 spiro atoms. The van der Waals surface area contributed by atoms with Crippen molar-refractivity contribution in [1.29, 1.82) is 0 Å². The third-order valence-corrected chi connectivity index (χ3v) is 5.39. The highest BCUT2D eigenvalue weighted by Gasteiger charge is 2.17. The molecule has 0 heterocycles. The van der Waals surface area contributed by atoms with E-state index in [9.17, 15) is 5.11 Å². The first-order chi connectivity index (χ1) is 8.61. The van der Waals surface area contributed by atoms with E-state index in [0.29, 0.717) is 17.6 Å². The molecular formula is C17H30OSi. The van der Waals surface area contributed by atoms with Gasteiger partial charge in [-0.3, -0.25) is 0 Å². The Morgan fingerprint density at radius 1 is 0.947 bits per heavy atom. The molecule has 1 aromatic carbocycles. The molecule has 0 saturated heterocycles. The van der Waals surface area contributed by atoms with E-state index in [1.165, 1.54) is 11.6 Å². The molecule has 108 valence electrons. The Morgan fingerprint density at radius 3 is 1.68 bits per heavy atom. The molecule has 0 saturated carbocycles. The molecule has 0 unspecified atom stereocenters. The van der Waals surface area contributed by atoms with Gasteiger partial charge in [-0.15, -0.1) is 0 Å². The molecule has 0 atom stereocenters. The molecule has 2 heteroatoms. The number of hydrogen-bond acceptors (Lipinski definition) is 1. The van der Waals surface area contributed by atoms with Gasteiger partial charge in [0.05, 0.1) is 0 Å². The molecule has 1 N–H and O–H groups in total. The largest absolute Gasteiger partial charge is 0.507 e. The van der Waals surface area contributed by atoms with E-state index in [0.717, 1.165) is 17.5 Å². The Hall–Kier alpha value is -0.763. The second-order valence-corrected chi connectivity index (χ2v) is 13.1. The van der Waals surface area contributed by atoms with E-state index < -0.39 is 8.07 Å². The van der Waals surface area contributed by atoms with Crippen LogP contribution in [0.3, 0.4) is 0 Å². The van der Waals surface area contributed by atoms with Crippen molar-refractivity contribution in [3.05, 3.63) is 28.8 Å². The van der Waals surface area contributed by atoms with Gasteiger partial charge in [-0.1, -0.05) is 65.5 Å². The number of rotatable bonds is 5. The zero-order valence-electron chi connectivity index (χ0n) is 13.7. The fraction of sp³-hybridized carbons (Fsp3) is 0.647. The maximum absolute atomic E-state index is 10.4. The monoisotopic (exact) mass is 278 g/mol. The molecule has 0 aliphatic heterocycles. The second-order valence-electron chi connectivity index (χ2n) is 7.49. The summed E-state index contributed by atoms with van der Waals surface area (Å²) in [7, 11) is -1.01. The smallest absolute Gasteiger partial charge is 0.122 e. The van der Waals surface area contributed by atoms with Crippen LogP contribution in [0.1, 0.15) is 56.2 Å². The molecule has 0 aliphatic rings. The highest BCUT2D eigenvalue weighted by Crippen LogP contribution is 2.35. The Bertz CT molecular complexity index is 398. The van der Waals surface area contributed by atoms with Gasteiger partial charge >= 0.3 is 0 Å². The predicted molar refractivity (Wildman–Crippen MR) is 88.1 cm³/mol. The van der Waals surface area contributed by atoms with E-state index in [-0.39, 0.29) is 0 Å². The third-order valence-electron chi connectivity index (χ3n) is 3.64. The summed E-state index contributed by atoms with van der Waals surface area (Å²) in [6, 6.07) is 5.74. The van der Waals surface area contributed by atoms with E-state index in [1.807, 2.05) is 0 Å². The normalized spacial score (nSPS) is 12.5. The summed E-state index contributed by atoms with van der Waals surface area (Å²) in [6.07, 6.45) is 1.15. The topological polar surface area (TPSA) is 20.2 Å². The molecule has 19 heavy (non-hydrogen) atoms. The summed E-state index contributed by atoms with van der Waals surface area (Å²) in [5, 5.41) is 10.4. The molecule has 0 aromatic heterocycles. The summed E-state index contributed by atoms with van der Waals surface area (Å²) in [4.78, 5) is 0. The average molecular weight is 279 g/mol. The predicted octanol–water partition coefficient (Wildman–Crippen LogP) is 5.52. The van der Waals surface area contributed by atoms with Gasteiger partial charge in [0.1, 0.15) is 5.75 Å². The van der Waals surface area contributed by atoms with Crippen LogP contribution in [0, 0.1) is 0 Å². The lowest BCUT2D eigenvalue weighted by Crippen LogP contribution is -2.20. The van der Waals surface area contributed by atoms with Crippen LogP contribution in [0.15, 0.2) is 12.1 Å². The lowest BCUT2D eigenvalue weighted by atomic mass is 9.91. The molecule has 0 aliphatic carbocycles. The van der Waals surface area contributed by atoms with E-state index in [4.69, 9.17) is 0 Å². The highest BCUT2D eigenvalue weighted by atomic mass is 28.3. The first-order valence-electron chi connectivity index (χ1n) is 7.47. The Morgan fingerprint density at radius 2 is 1.37 bits per heavy atom. The maximum atomic E-state index is 10.4. The SMILES string of the molecule is CC(C)c1cc(CC[Si](C)(C)C)cc(C(C)C)c1O. The van der Waals surface area contributed by atoms with Crippen LogP contribution >= 0.6 is 0 Å². The summed E-state index contributed by atoms with van der Waals surface area (Å²) >= 11 is 0. The third kappa shape index (κ3) is 4.68. The molecule has 0 fully saturated rings. The van der Waals surface area contributed by atoms with Crippen LogP contribution in [0.2, 0.25) is 25.7 Å². The van der Waals surface area contributed by atoms with Crippen molar-refractivity contribution >= 4 is 8.07 Å². The van der Waals surface area contributed by atoms with E-state index in [2.05, 4.69) is 59.5 Å². The van der Waals surface area contributed by atoms with Gasteiger partial charge in [-0.25, -0.2) is 0 Å². The Balaban J connectivity index is 3.12. The van der Waals surface area contributed by atoms with Gasteiger partial charge in [-0.2, -0.15) is 0 Å². The van der Waals surface area contributed by atoms with Crippen LogP contribution in [0.5, 0.6) is 5.75 Å². The van der Waals surface area contributed by atoms with Crippen LogP contribution in [-0.4, -0.2) is 13.2 Å². The average Bonchev–Trinajstić information content (AvgIpc) is 2.25. The van der Waals surface area contributed by atoms with Crippen LogP contribution in [0.25, 0.3) is 0 Å². The minimum atomic E-state index is -1.01. The molecule has 1 aromatic rings. The van der Waals surface area contributed by atoms with Crippen molar-refractivity contribution in [3.63, 3.8) is 0 Å². The Labute approximate surface area is 120 Å². The number of hydrogen-bond donors (Lipinski definition) is 1. The molecule has 1 nitrogen and oxygen atoms in total. The van der Waals surface area contributed by atoms with Gasteiger partial charge in [0.25, 0.3) is 0 Å². The minimum absolute atomic E-state index is 0.379. The molecule has 0 radical (unpaired) electrons. The van der Waals surface area contributed by atoms with Gasteiger partial charge in [0.15, 0.2) is 0 Å². The number of benzene rings is 1. The zero-order valence-corrected chi connectivity index (χ0v) is 14.7. The second kappa shape index (κ2) is 6.13. The number of aryl methyl sites for hydroxylation is 1. The van der Waals surface area contributed by atoms with Crippen molar-refractivity contribution in [2.45, 2.75) is 71.6 Å². The first kappa shape index (κ1) is 16.3. The fourth-order valence-corrected chi connectivity index (χ4v) is 3.33. The molecule has 0 bridgehead atoms. The number of aromatic hydroxyl groups is 1. The fourth-order valence-electron chi connectivity index (χ4n) is 2.29. The van der Waals surface area contributed by atoms with Crippen molar-refractivity contribution in [2.75, 3.05) is 0 Å². The van der Waals surface area contributed by atoms with E-state index >= 15 is 0 Å². The number of phenols is 1. The van der Waals surface area contributed by atoms with E-state index in [1.54, 1.807) is 0 Å². The summed E-state index contributed by atoms with van der Waals surface area (Å²) in [6.45, 7) is 15.9. The van der Waals surface area contributed by atoms with Gasteiger partial charge in [0.2, 0.25) is 0 Å². The van der Waals surface area contributed by atoms with Crippen LogP contribution < -0.4 is 0 Å². The summed E-state index contributed by atoms with van der Waals surface area (Å²) < 4.78 is 0. The highest BCUT2D eigenvalue weighted by molar-refractivity contribution is 6.76. The first-order valence-corrected chi connectivity index (χ1v) is 11.2. The van der Waals surface area contributed by atoms with Crippen LogP contribution in [-0.2, 0) is 6.42 Å². The van der Waals surface area contributed by atoms with Crippen LogP contribution in [0.4, 0.5) is 0 Å². The minimum Gasteiger partial charge on any atom is -0.507 e. The standard InChI is InChI=1S/C17H30OSi/c1-12(2)15-10-14(8-9-19(5,6)7)11-16(13(3)4)17(15)18/h10-13,18H,8-9H2,1-7H3. The molecule has 1 rings (SSSR count). The van der Waals surface area contributed by atoms with Crippen molar-refractivity contribution in [3.8, 4) is 5.75 Å². The Kier molecular flexibility index (Phi) is 5.25. The lowest BCUT2D eigenvalue weighted by molar-refractivity contribution is 0.454. The number of phenolic OH excluding ortho intramolecular Hbond substituents is 1. The van der Waals surface area contributed by atoms with Crippen molar-refractivity contribution in [2.24, 2.45) is 0 Å². The van der Waals surface area contributed by atoms with Gasteiger partial charge in [-0.05, 0) is 34.9 Å². The summed E-state index contributed by atoms with van der Waals surface area (Å²) in [5.74, 6) is 1.27. The molecular weight excluding hydrogens is 248 g/mol. The quantitative estimate of drug-likeness (QED) is 0.703. The van der Waals surface area contributed by atoms with Gasteiger partial charge < -0.3 is 5.11 Å². The van der Waals surface area contributed by atoms with Crippen molar-refractivity contribution in [1.82, 2.24) is 0 Å². The maximum Gasteiger partial charge on any atom is 0.122 e. The van der Waals surface area contributed by atoms with Crippen molar-refractivity contribution < 1.29 is 5.11 Å². The molecule has 0 amide bonds. The summed E-state index contributed by atoms with van der Waals surface area (Å²) in [5.41, 5.74) is 3.61.